The second-order valence-electron chi connectivity index (χ2n) is 7.07. The fourth-order valence-electron chi connectivity index (χ4n) is 2.89. The van der Waals surface area contributed by atoms with Crippen molar-refractivity contribution in [1.29, 1.82) is 0 Å². The summed E-state index contributed by atoms with van der Waals surface area (Å²) in [5.74, 6) is 0.493. The first-order chi connectivity index (χ1) is 13.9. The molecule has 0 bridgehead atoms. The summed E-state index contributed by atoms with van der Waals surface area (Å²) in [6.07, 6.45) is 1.61. The van der Waals surface area contributed by atoms with Crippen molar-refractivity contribution in [2.75, 3.05) is 10.6 Å². The molecule has 2 N–H and O–H groups in total. The molecular weight excluding hydrogens is 370 g/mol. The van der Waals surface area contributed by atoms with E-state index >= 15 is 0 Å². The summed E-state index contributed by atoms with van der Waals surface area (Å²) in [5.41, 5.74) is 1.42. The molecule has 150 valence electrons. The SMILES string of the molecule is CC(C)Cn1nccc1NC(=O)c1ccc(NCc2ccccc2)c([N+](=O)[O-])c1. The summed E-state index contributed by atoms with van der Waals surface area (Å²) in [7, 11) is 0. The van der Waals surface area contributed by atoms with Gasteiger partial charge in [0.2, 0.25) is 0 Å². The van der Waals surface area contributed by atoms with Crippen LogP contribution >= 0.6 is 0 Å². The first kappa shape index (κ1) is 20.1. The van der Waals surface area contributed by atoms with Crippen molar-refractivity contribution in [2.24, 2.45) is 5.92 Å². The molecule has 29 heavy (non-hydrogen) atoms. The molecule has 0 aliphatic rings. The molecule has 1 aromatic heterocycles. The van der Waals surface area contributed by atoms with Crippen molar-refractivity contribution in [3.8, 4) is 0 Å². The molecule has 0 aliphatic carbocycles. The summed E-state index contributed by atoms with van der Waals surface area (Å²) >= 11 is 0. The molecular formula is C21H23N5O3. The third kappa shape index (κ3) is 5.19. The maximum absolute atomic E-state index is 12.6. The first-order valence-corrected chi connectivity index (χ1v) is 9.33. The highest BCUT2D eigenvalue weighted by Crippen LogP contribution is 2.26. The van der Waals surface area contributed by atoms with Gasteiger partial charge in [-0.05, 0) is 23.6 Å². The van der Waals surface area contributed by atoms with Crippen molar-refractivity contribution in [2.45, 2.75) is 26.9 Å². The summed E-state index contributed by atoms with van der Waals surface area (Å²) < 4.78 is 1.70. The number of hydrogen-bond donors (Lipinski definition) is 2. The van der Waals surface area contributed by atoms with Gasteiger partial charge < -0.3 is 10.6 Å². The lowest BCUT2D eigenvalue weighted by molar-refractivity contribution is -0.384. The van der Waals surface area contributed by atoms with Gasteiger partial charge in [0.15, 0.2) is 0 Å². The van der Waals surface area contributed by atoms with Crippen molar-refractivity contribution in [3.05, 3.63) is 82.0 Å². The van der Waals surface area contributed by atoms with E-state index in [1.165, 1.54) is 6.07 Å². The smallest absolute Gasteiger partial charge is 0.293 e. The van der Waals surface area contributed by atoms with Gasteiger partial charge in [0.05, 0.1) is 11.1 Å². The number of hydrogen-bond acceptors (Lipinski definition) is 5. The number of aromatic nitrogens is 2. The second kappa shape index (κ2) is 9.01. The van der Waals surface area contributed by atoms with Crippen LogP contribution in [0.1, 0.15) is 29.8 Å². The van der Waals surface area contributed by atoms with Crippen molar-refractivity contribution in [1.82, 2.24) is 9.78 Å². The Hall–Kier alpha value is -3.68. The van der Waals surface area contributed by atoms with Crippen LogP contribution in [0.5, 0.6) is 0 Å². The van der Waals surface area contributed by atoms with Gasteiger partial charge in [0.25, 0.3) is 11.6 Å². The lowest BCUT2D eigenvalue weighted by atomic mass is 10.1. The number of carbonyl (C=O) groups is 1. The zero-order valence-electron chi connectivity index (χ0n) is 16.3. The Morgan fingerprint density at radius 1 is 1.17 bits per heavy atom. The number of benzene rings is 2. The third-order valence-corrected chi connectivity index (χ3v) is 4.28. The number of nitro groups is 1. The van der Waals surface area contributed by atoms with E-state index in [0.29, 0.717) is 30.5 Å². The summed E-state index contributed by atoms with van der Waals surface area (Å²) in [6.45, 7) is 5.21. The van der Waals surface area contributed by atoms with Gasteiger partial charge in [0, 0.05) is 30.8 Å². The molecule has 0 spiro atoms. The van der Waals surface area contributed by atoms with E-state index < -0.39 is 10.8 Å². The number of nitrogens with zero attached hydrogens (tertiary/aromatic N) is 3. The molecule has 3 aromatic rings. The predicted octanol–water partition coefficient (Wildman–Crippen LogP) is 4.31. The van der Waals surface area contributed by atoms with E-state index in [1.807, 2.05) is 30.3 Å². The van der Waals surface area contributed by atoms with Crippen molar-refractivity contribution in [3.63, 3.8) is 0 Å². The Labute approximate surface area is 168 Å². The number of nitro benzene ring substituents is 1. The fraction of sp³-hybridized carbons (Fsp3) is 0.238. The quantitative estimate of drug-likeness (QED) is 0.438. The van der Waals surface area contributed by atoms with Crippen LogP contribution in [-0.4, -0.2) is 20.6 Å². The molecule has 8 heteroatoms. The molecule has 3 rings (SSSR count). The summed E-state index contributed by atoms with van der Waals surface area (Å²) in [4.78, 5) is 23.6. The molecule has 0 fully saturated rings. The molecule has 8 nitrogen and oxygen atoms in total. The number of anilines is 2. The van der Waals surface area contributed by atoms with E-state index in [1.54, 1.807) is 29.1 Å². The molecule has 1 heterocycles. The largest absolute Gasteiger partial charge is 0.375 e. The Balaban J connectivity index is 1.76. The van der Waals surface area contributed by atoms with Crippen LogP contribution in [0, 0.1) is 16.0 Å². The van der Waals surface area contributed by atoms with E-state index in [2.05, 4.69) is 29.6 Å². The van der Waals surface area contributed by atoms with E-state index in [4.69, 9.17) is 0 Å². The van der Waals surface area contributed by atoms with Crippen LogP contribution in [0.15, 0.2) is 60.8 Å². The molecule has 0 unspecified atom stereocenters. The maximum atomic E-state index is 12.6. The Morgan fingerprint density at radius 3 is 2.62 bits per heavy atom. The van der Waals surface area contributed by atoms with E-state index in [-0.39, 0.29) is 11.3 Å². The lowest BCUT2D eigenvalue weighted by Crippen LogP contribution is -2.17. The minimum absolute atomic E-state index is 0.149. The van der Waals surface area contributed by atoms with Crippen LogP contribution in [0.2, 0.25) is 0 Å². The maximum Gasteiger partial charge on any atom is 0.293 e. The van der Waals surface area contributed by atoms with Gasteiger partial charge in [-0.3, -0.25) is 14.9 Å². The standard InChI is InChI=1S/C21H23N5O3/c1-15(2)14-25-20(10-11-23-25)24-21(27)17-8-9-18(19(12-17)26(28)29)22-13-16-6-4-3-5-7-16/h3-12,15,22H,13-14H2,1-2H3,(H,24,27). The molecule has 1 amide bonds. The van der Waals surface area contributed by atoms with Crippen LogP contribution in [0.3, 0.4) is 0 Å². The Morgan fingerprint density at radius 2 is 1.93 bits per heavy atom. The number of amides is 1. The monoisotopic (exact) mass is 393 g/mol. The fourth-order valence-corrected chi connectivity index (χ4v) is 2.89. The third-order valence-electron chi connectivity index (χ3n) is 4.28. The average molecular weight is 393 g/mol. The zero-order valence-corrected chi connectivity index (χ0v) is 16.3. The highest BCUT2D eigenvalue weighted by molar-refractivity contribution is 6.04. The van der Waals surface area contributed by atoms with Crippen LogP contribution < -0.4 is 10.6 Å². The van der Waals surface area contributed by atoms with Gasteiger partial charge in [0.1, 0.15) is 11.5 Å². The van der Waals surface area contributed by atoms with Crippen molar-refractivity contribution >= 4 is 23.1 Å². The summed E-state index contributed by atoms with van der Waals surface area (Å²) in [5, 5.41) is 21.6. The molecule has 2 aromatic carbocycles. The van der Waals surface area contributed by atoms with Gasteiger partial charge in [-0.25, -0.2) is 4.68 Å². The first-order valence-electron chi connectivity index (χ1n) is 9.33. The molecule has 0 saturated heterocycles. The van der Waals surface area contributed by atoms with Gasteiger partial charge >= 0.3 is 0 Å². The van der Waals surface area contributed by atoms with E-state index in [0.717, 1.165) is 5.56 Å². The molecule has 0 atom stereocenters. The van der Waals surface area contributed by atoms with Crippen LogP contribution in [0.25, 0.3) is 0 Å². The van der Waals surface area contributed by atoms with E-state index in [9.17, 15) is 14.9 Å². The van der Waals surface area contributed by atoms with Gasteiger partial charge in [-0.1, -0.05) is 44.2 Å². The molecule has 0 aliphatic heterocycles. The zero-order chi connectivity index (χ0) is 20.8. The van der Waals surface area contributed by atoms with Crippen LogP contribution in [-0.2, 0) is 13.1 Å². The number of carbonyl (C=O) groups excluding carboxylic acids is 1. The number of nitrogens with one attached hydrogen (secondary N) is 2. The summed E-state index contributed by atoms with van der Waals surface area (Å²) in [6, 6.07) is 15.7. The second-order valence-corrected chi connectivity index (χ2v) is 7.07. The molecule has 0 radical (unpaired) electrons. The lowest BCUT2D eigenvalue weighted by Gasteiger charge is -2.12. The average Bonchev–Trinajstić information content (AvgIpc) is 3.12. The Kier molecular flexibility index (Phi) is 6.23. The highest BCUT2D eigenvalue weighted by Gasteiger charge is 2.18. The predicted molar refractivity (Wildman–Crippen MR) is 112 cm³/mol. The minimum atomic E-state index is -0.493. The highest BCUT2D eigenvalue weighted by atomic mass is 16.6. The van der Waals surface area contributed by atoms with Crippen LogP contribution in [0.4, 0.5) is 17.2 Å². The Bertz CT molecular complexity index is 999. The number of rotatable bonds is 8. The van der Waals surface area contributed by atoms with Gasteiger partial charge in [-0.15, -0.1) is 0 Å². The van der Waals surface area contributed by atoms with Crippen molar-refractivity contribution < 1.29 is 9.72 Å². The minimum Gasteiger partial charge on any atom is -0.375 e. The molecule has 0 saturated carbocycles. The normalized spacial score (nSPS) is 10.7. The van der Waals surface area contributed by atoms with Gasteiger partial charge in [-0.2, -0.15) is 5.10 Å². The topological polar surface area (TPSA) is 102 Å².